The first kappa shape index (κ1) is 22.7. The molecule has 5 rings (SSSR count). The summed E-state index contributed by atoms with van der Waals surface area (Å²) in [4.78, 5) is 0. The van der Waals surface area contributed by atoms with Gasteiger partial charge in [-0.25, -0.2) is 5.43 Å². The van der Waals surface area contributed by atoms with Gasteiger partial charge in [0, 0.05) is 18.0 Å². The van der Waals surface area contributed by atoms with E-state index < -0.39 is 12.1 Å². The molecular formula is C27H34F3N3. The maximum absolute atomic E-state index is 13.6. The van der Waals surface area contributed by atoms with Crippen molar-refractivity contribution in [2.45, 2.75) is 65.1 Å². The lowest BCUT2D eigenvalue weighted by Gasteiger charge is -2.52. The van der Waals surface area contributed by atoms with Crippen LogP contribution in [0.25, 0.3) is 0 Å². The lowest BCUT2D eigenvalue weighted by molar-refractivity contribution is -0.180. The van der Waals surface area contributed by atoms with Gasteiger partial charge in [-0.15, -0.1) is 0 Å². The highest BCUT2D eigenvalue weighted by Gasteiger charge is 2.52. The number of anilines is 1. The van der Waals surface area contributed by atoms with Gasteiger partial charge in [-0.1, -0.05) is 41.8 Å². The van der Waals surface area contributed by atoms with Crippen molar-refractivity contribution in [3.63, 3.8) is 0 Å². The molecule has 2 unspecified atom stereocenters. The third-order valence-corrected chi connectivity index (χ3v) is 8.32. The first-order chi connectivity index (χ1) is 15.6. The Kier molecular flexibility index (Phi) is 5.52. The minimum Gasteiger partial charge on any atom is -0.328 e. The standard InChI is InChI=1S/C27H34F3N3/c1-16-4-7-22(8-5-16)33-25-13-21-11-18(10-17(2)31)23-12-20(27(28,29)30)6-9-24(23)26(21,3)14-19(25)15-32-33/h4-5,7-9,13,17-18,20,23,32H,6,10-12,14-15,31H2,1-3H3/t17?,18?,20-,23+,26+/m1/s1. The minimum absolute atomic E-state index is 0.0250. The summed E-state index contributed by atoms with van der Waals surface area (Å²) in [5.41, 5.74) is 17.0. The zero-order chi connectivity index (χ0) is 23.5. The van der Waals surface area contributed by atoms with E-state index in [0.29, 0.717) is 0 Å². The van der Waals surface area contributed by atoms with Gasteiger partial charge in [0.05, 0.1) is 17.3 Å². The number of hydrogen-bond acceptors (Lipinski definition) is 3. The van der Waals surface area contributed by atoms with Gasteiger partial charge in [0.15, 0.2) is 0 Å². The molecule has 3 aliphatic carbocycles. The number of hydrogen-bond donors (Lipinski definition) is 2. The lowest BCUT2D eigenvalue weighted by atomic mass is 9.53. The Hall–Kier alpha value is -2.05. The van der Waals surface area contributed by atoms with Gasteiger partial charge < -0.3 is 5.73 Å². The van der Waals surface area contributed by atoms with E-state index >= 15 is 0 Å². The molecule has 0 radical (unpaired) electrons. The number of allylic oxidation sites excluding steroid dienone is 4. The molecular weight excluding hydrogens is 423 g/mol. The van der Waals surface area contributed by atoms with Crippen LogP contribution in [0.5, 0.6) is 0 Å². The number of benzene rings is 1. The minimum atomic E-state index is -4.13. The number of nitrogens with zero attached hydrogens (tertiary/aromatic N) is 1. The largest absolute Gasteiger partial charge is 0.392 e. The molecule has 1 saturated carbocycles. The summed E-state index contributed by atoms with van der Waals surface area (Å²) in [5, 5.41) is 2.17. The third-order valence-electron chi connectivity index (χ3n) is 8.32. The second-order valence-electron chi connectivity index (χ2n) is 10.8. The zero-order valence-corrected chi connectivity index (χ0v) is 19.7. The van der Waals surface area contributed by atoms with Crippen LogP contribution in [0, 0.1) is 30.1 Å². The number of alkyl halides is 3. The molecule has 33 heavy (non-hydrogen) atoms. The van der Waals surface area contributed by atoms with Crippen LogP contribution in [0.3, 0.4) is 0 Å². The topological polar surface area (TPSA) is 41.3 Å². The summed E-state index contributed by atoms with van der Waals surface area (Å²) in [5.74, 6) is -1.12. The second-order valence-corrected chi connectivity index (χ2v) is 10.8. The van der Waals surface area contributed by atoms with Crippen molar-refractivity contribution in [2.24, 2.45) is 28.9 Å². The molecule has 6 heteroatoms. The SMILES string of the molecule is Cc1ccc(N2NCC3=C2C=C2CC(CC(C)N)[C@@H]4C[C@H](C(F)(F)F)CC=C4[C@@]2(C)C3)cc1. The van der Waals surface area contributed by atoms with Gasteiger partial charge in [0.2, 0.25) is 0 Å². The third kappa shape index (κ3) is 3.95. The van der Waals surface area contributed by atoms with E-state index in [9.17, 15) is 13.2 Å². The highest BCUT2D eigenvalue weighted by molar-refractivity contribution is 5.61. The number of halogens is 3. The zero-order valence-electron chi connectivity index (χ0n) is 19.7. The Morgan fingerprint density at radius 2 is 1.97 bits per heavy atom. The smallest absolute Gasteiger partial charge is 0.328 e. The van der Waals surface area contributed by atoms with Gasteiger partial charge >= 0.3 is 6.18 Å². The van der Waals surface area contributed by atoms with E-state index in [4.69, 9.17) is 5.73 Å². The van der Waals surface area contributed by atoms with Crippen LogP contribution in [0.2, 0.25) is 0 Å². The normalized spacial score (nSPS) is 32.6. The van der Waals surface area contributed by atoms with Crippen LogP contribution >= 0.6 is 0 Å². The molecule has 178 valence electrons. The van der Waals surface area contributed by atoms with E-state index in [0.717, 1.165) is 31.5 Å². The molecule has 1 aliphatic heterocycles. The molecule has 0 bridgehead atoms. The van der Waals surface area contributed by atoms with Gasteiger partial charge in [-0.2, -0.15) is 13.2 Å². The maximum atomic E-state index is 13.6. The number of rotatable bonds is 3. The average molecular weight is 458 g/mol. The Morgan fingerprint density at radius 1 is 1.24 bits per heavy atom. The molecule has 1 aromatic rings. The predicted molar refractivity (Wildman–Crippen MR) is 126 cm³/mol. The van der Waals surface area contributed by atoms with E-state index in [1.165, 1.54) is 28.0 Å². The summed E-state index contributed by atoms with van der Waals surface area (Å²) in [6, 6.07) is 8.46. The second kappa shape index (κ2) is 8.02. The summed E-state index contributed by atoms with van der Waals surface area (Å²) >= 11 is 0. The van der Waals surface area contributed by atoms with E-state index in [1.807, 2.05) is 13.0 Å². The highest BCUT2D eigenvalue weighted by Crippen LogP contribution is 2.60. The molecule has 5 atom stereocenters. The quantitative estimate of drug-likeness (QED) is 0.533. The first-order valence-corrected chi connectivity index (χ1v) is 12.1. The Balaban J connectivity index is 1.52. The highest BCUT2D eigenvalue weighted by atomic mass is 19.4. The van der Waals surface area contributed by atoms with Crippen LogP contribution in [-0.2, 0) is 0 Å². The van der Waals surface area contributed by atoms with Gasteiger partial charge in [0.25, 0.3) is 0 Å². The fourth-order valence-corrected chi connectivity index (χ4v) is 6.64. The fourth-order valence-electron chi connectivity index (χ4n) is 6.64. The van der Waals surface area contributed by atoms with E-state index in [1.54, 1.807) is 0 Å². The molecule has 1 fully saturated rings. The van der Waals surface area contributed by atoms with Crippen LogP contribution in [0.4, 0.5) is 18.9 Å². The van der Waals surface area contributed by atoms with Crippen molar-refractivity contribution in [2.75, 3.05) is 11.6 Å². The Labute approximate surface area is 194 Å². The summed E-state index contributed by atoms with van der Waals surface area (Å²) < 4.78 is 40.9. The summed E-state index contributed by atoms with van der Waals surface area (Å²) in [7, 11) is 0. The summed E-state index contributed by atoms with van der Waals surface area (Å²) in [6.07, 6.45) is 2.88. The lowest BCUT2D eigenvalue weighted by Crippen LogP contribution is -2.44. The fraction of sp³-hybridized carbons (Fsp3) is 0.556. The van der Waals surface area contributed by atoms with Gasteiger partial charge in [0.1, 0.15) is 0 Å². The number of fused-ring (bicyclic) bond motifs is 3. The molecule has 1 aromatic carbocycles. The van der Waals surface area contributed by atoms with Crippen molar-refractivity contribution in [3.8, 4) is 0 Å². The van der Waals surface area contributed by atoms with E-state index in [2.05, 4.69) is 54.6 Å². The summed E-state index contributed by atoms with van der Waals surface area (Å²) in [6.45, 7) is 7.08. The predicted octanol–water partition coefficient (Wildman–Crippen LogP) is 6.18. The van der Waals surface area contributed by atoms with Crippen LogP contribution in [0.15, 0.2) is 58.8 Å². The number of aryl methyl sites for hydroxylation is 1. The van der Waals surface area contributed by atoms with Crippen LogP contribution in [-0.4, -0.2) is 18.8 Å². The van der Waals surface area contributed by atoms with Gasteiger partial charge in [-0.3, -0.25) is 5.01 Å². The molecule has 0 aromatic heterocycles. The van der Waals surface area contributed by atoms with Gasteiger partial charge in [-0.05, 0) is 81.6 Å². The van der Waals surface area contributed by atoms with Crippen LogP contribution in [0.1, 0.15) is 51.5 Å². The molecule has 0 spiro atoms. The average Bonchev–Trinajstić information content (AvgIpc) is 3.14. The van der Waals surface area contributed by atoms with Crippen molar-refractivity contribution in [1.82, 2.24) is 5.43 Å². The van der Waals surface area contributed by atoms with Crippen molar-refractivity contribution in [1.29, 1.82) is 0 Å². The van der Waals surface area contributed by atoms with Crippen molar-refractivity contribution < 1.29 is 13.2 Å². The molecule has 4 aliphatic rings. The molecule has 0 saturated heterocycles. The first-order valence-electron chi connectivity index (χ1n) is 12.1. The Bertz CT molecular complexity index is 1020. The molecule has 1 heterocycles. The number of nitrogens with one attached hydrogen (secondary N) is 1. The monoisotopic (exact) mass is 457 g/mol. The van der Waals surface area contributed by atoms with Crippen LogP contribution < -0.4 is 16.2 Å². The van der Waals surface area contributed by atoms with Crippen molar-refractivity contribution >= 4 is 5.69 Å². The number of nitrogens with two attached hydrogens (primary N) is 1. The van der Waals surface area contributed by atoms with Crippen molar-refractivity contribution in [3.05, 3.63) is 64.4 Å². The molecule has 0 amide bonds. The van der Waals surface area contributed by atoms with E-state index in [-0.39, 0.29) is 36.1 Å². The maximum Gasteiger partial charge on any atom is 0.392 e. The molecule has 3 nitrogen and oxygen atoms in total. The molecule has 3 N–H and O–H groups in total. The number of hydrazine groups is 1. The Morgan fingerprint density at radius 3 is 2.64 bits per heavy atom.